The second-order valence-corrected chi connectivity index (χ2v) is 18.6. The minimum Gasteiger partial charge on any atom is -0.308 e. The van der Waals surface area contributed by atoms with E-state index in [2.05, 4.69) is 207 Å². The van der Waals surface area contributed by atoms with Gasteiger partial charge in [-0.25, -0.2) is 0 Å². The number of anilines is 6. The van der Waals surface area contributed by atoms with Gasteiger partial charge in [0, 0.05) is 53.1 Å². The Balaban J connectivity index is 1.15. The van der Waals surface area contributed by atoms with Crippen LogP contribution < -0.4 is 9.80 Å². The minimum atomic E-state index is 1.17. The number of thiophene rings is 2. The molecule has 0 saturated heterocycles. The fourth-order valence-electron chi connectivity index (χ4n) is 9.95. The zero-order valence-electron chi connectivity index (χ0n) is 33.9. The predicted octanol–water partition coefficient (Wildman–Crippen LogP) is 17.5. The van der Waals surface area contributed by atoms with Gasteiger partial charge in [0.25, 0.3) is 0 Å². The van der Waals surface area contributed by atoms with Gasteiger partial charge in [-0.05, 0) is 132 Å². The number of fused-ring (bicyclic) bond motifs is 6. The fraction of sp³-hybridized carbons (Fsp3) is 0.0714. The largest absolute Gasteiger partial charge is 0.308 e. The monoisotopic (exact) mass is 804 g/mol. The van der Waals surface area contributed by atoms with Crippen molar-refractivity contribution in [3.05, 3.63) is 192 Å². The Labute approximate surface area is 357 Å². The van der Waals surface area contributed by atoms with Gasteiger partial charge < -0.3 is 9.80 Å². The van der Waals surface area contributed by atoms with Gasteiger partial charge in [0.05, 0.1) is 32.1 Å². The Kier molecular flexibility index (Phi) is 7.87. The zero-order valence-corrected chi connectivity index (χ0v) is 35.5. The lowest BCUT2D eigenvalue weighted by Gasteiger charge is -2.30. The average Bonchev–Trinajstić information content (AvgIpc) is 3.83. The van der Waals surface area contributed by atoms with Crippen LogP contribution in [0.4, 0.5) is 34.1 Å². The van der Waals surface area contributed by atoms with Crippen molar-refractivity contribution in [2.45, 2.75) is 27.7 Å². The molecule has 0 amide bonds. The van der Waals surface area contributed by atoms with Crippen LogP contribution >= 0.6 is 22.7 Å². The SMILES string of the molecule is Cc1cc(C)cc(N(c2ccc3ccc4c(N(c5cc(C)cc(C)c5)c5cccc6c5sc5ccccc56)ccc5ccc2c3c54)c2cccc3c2sc2ccccc23)c1. The molecule has 2 nitrogen and oxygen atoms in total. The molecule has 0 fully saturated rings. The Morgan fingerprint density at radius 3 is 1.13 bits per heavy atom. The van der Waals surface area contributed by atoms with Crippen LogP contribution in [0.2, 0.25) is 0 Å². The summed E-state index contributed by atoms with van der Waals surface area (Å²) in [7, 11) is 0. The molecular formula is C56H40N2S2. The van der Waals surface area contributed by atoms with Crippen LogP contribution in [0.25, 0.3) is 72.7 Å². The summed E-state index contributed by atoms with van der Waals surface area (Å²) in [5.41, 5.74) is 12.1. The van der Waals surface area contributed by atoms with Crippen LogP contribution in [0.3, 0.4) is 0 Å². The van der Waals surface area contributed by atoms with Gasteiger partial charge in [0.1, 0.15) is 0 Å². The molecule has 0 spiro atoms. The first kappa shape index (κ1) is 35.2. The molecule has 0 saturated carbocycles. The number of nitrogens with zero attached hydrogens (tertiary/aromatic N) is 2. The second kappa shape index (κ2) is 13.4. The van der Waals surface area contributed by atoms with Crippen LogP contribution in [-0.4, -0.2) is 0 Å². The number of hydrogen-bond donors (Lipinski definition) is 0. The van der Waals surface area contributed by atoms with Crippen molar-refractivity contribution in [1.82, 2.24) is 0 Å². The molecule has 2 aromatic heterocycles. The van der Waals surface area contributed by atoms with E-state index in [4.69, 9.17) is 0 Å². The van der Waals surface area contributed by atoms with E-state index >= 15 is 0 Å². The molecule has 2 heterocycles. The maximum atomic E-state index is 2.52. The molecule has 12 aromatic rings. The molecule has 10 aromatic carbocycles. The first-order valence-electron chi connectivity index (χ1n) is 20.7. The lowest BCUT2D eigenvalue weighted by molar-refractivity contribution is 1.28. The molecule has 0 N–H and O–H groups in total. The van der Waals surface area contributed by atoms with Crippen molar-refractivity contribution in [3.8, 4) is 0 Å². The normalized spacial score (nSPS) is 12.0. The number of rotatable bonds is 6. The molecule has 0 aliphatic carbocycles. The smallest absolute Gasteiger partial charge is 0.0640 e. The van der Waals surface area contributed by atoms with Gasteiger partial charge in [-0.1, -0.05) is 109 Å². The molecule has 12 rings (SSSR count). The van der Waals surface area contributed by atoms with E-state index in [-0.39, 0.29) is 0 Å². The molecule has 0 bridgehead atoms. The third-order valence-corrected chi connectivity index (χ3v) is 14.7. The van der Waals surface area contributed by atoms with E-state index < -0.39 is 0 Å². The Morgan fingerprint density at radius 2 is 0.700 bits per heavy atom. The maximum Gasteiger partial charge on any atom is 0.0640 e. The van der Waals surface area contributed by atoms with Crippen LogP contribution in [0, 0.1) is 27.7 Å². The van der Waals surface area contributed by atoms with Gasteiger partial charge in [0.2, 0.25) is 0 Å². The van der Waals surface area contributed by atoms with Gasteiger partial charge in [-0.15, -0.1) is 22.7 Å². The zero-order chi connectivity index (χ0) is 40.2. The minimum absolute atomic E-state index is 1.17. The van der Waals surface area contributed by atoms with Gasteiger partial charge >= 0.3 is 0 Å². The Morgan fingerprint density at radius 1 is 0.317 bits per heavy atom. The number of hydrogen-bond acceptors (Lipinski definition) is 4. The topological polar surface area (TPSA) is 6.48 Å². The molecule has 4 heteroatoms. The average molecular weight is 805 g/mol. The van der Waals surface area contributed by atoms with Crippen LogP contribution in [-0.2, 0) is 0 Å². The van der Waals surface area contributed by atoms with Crippen molar-refractivity contribution in [1.29, 1.82) is 0 Å². The third kappa shape index (κ3) is 5.38. The molecule has 0 aliphatic rings. The lowest BCUT2D eigenvalue weighted by atomic mass is 9.91. The standard InChI is InChI=1S/C56H40N2S2/c1-33-27-34(2)30-39(29-33)57(49-15-9-13-43-41-11-5-7-17-51(41)59-55(43)49)47-25-21-37-20-24-46-48(26-22-38-19-23-45(47)53(37)54(38)46)58(40-31-35(3)28-36(4)32-40)50-16-10-14-44-42-12-6-8-18-52(42)60-56(44)50/h5-32H,1-4H3. The van der Waals surface area contributed by atoms with Crippen LogP contribution in [0.15, 0.2) is 170 Å². The molecule has 60 heavy (non-hydrogen) atoms. The summed E-state index contributed by atoms with van der Waals surface area (Å²) in [5.74, 6) is 0. The molecule has 0 unspecified atom stereocenters. The second-order valence-electron chi connectivity index (χ2n) is 16.5. The van der Waals surface area contributed by atoms with Crippen LogP contribution in [0.5, 0.6) is 0 Å². The number of aryl methyl sites for hydroxylation is 4. The molecule has 286 valence electrons. The van der Waals surface area contributed by atoms with Crippen molar-refractivity contribution >= 4 is 129 Å². The molecule has 0 aliphatic heterocycles. The number of benzene rings is 10. The first-order chi connectivity index (χ1) is 29.4. The van der Waals surface area contributed by atoms with Crippen molar-refractivity contribution in [2.24, 2.45) is 0 Å². The molecule has 0 radical (unpaired) electrons. The third-order valence-electron chi connectivity index (χ3n) is 12.3. The Hall–Kier alpha value is -6.72. The first-order valence-corrected chi connectivity index (χ1v) is 22.3. The quantitative estimate of drug-likeness (QED) is 0.155. The summed E-state index contributed by atoms with van der Waals surface area (Å²) < 4.78 is 5.21. The van der Waals surface area contributed by atoms with E-state index in [0.29, 0.717) is 0 Å². The highest BCUT2D eigenvalue weighted by molar-refractivity contribution is 7.26. The Bertz CT molecular complexity index is 3400. The summed E-state index contributed by atoms with van der Waals surface area (Å²) >= 11 is 3.77. The highest BCUT2D eigenvalue weighted by Crippen LogP contribution is 2.51. The lowest BCUT2D eigenvalue weighted by Crippen LogP contribution is -2.12. The molecule has 0 atom stereocenters. The van der Waals surface area contributed by atoms with Crippen LogP contribution in [0.1, 0.15) is 22.3 Å². The van der Waals surface area contributed by atoms with E-state index in [1.807, 2.05) is 22.7 Å². The van der Waals surface area contributed by atoms with Crippen molar-refractivity contribution in [2.75, 3.05) is 9.80 Å². The molecular weight excluding hydrogens is 765 g/mol. The van der Waals surface area contributed by atoms with Gasteiger partial charge in [-0.2, -0.15) is 0 Å². The van der Waals surface area contributed by atoms with E-state index in [1.165, 1.54) is 129 Å². The van der Waals surface area contributed by atoms with E-state index in [0.717, 1.165) is 0 Å². The van der Waals surface area contributed by atoms with Crippen molar-refractivity contribution in [3.63, 3.8) is 0 Å². The van der Waals surface area contributed by atoms with E-state index in [1.54, 1.807) is 0 Å². The highest BCUT2D eigenvalue weighted by Gasteiger charge is 2.25. The van der Waals surface area contributed by atoms with Gasteiger partial charge in [0.15, 0.2) is 0 Å². The predicted molar refractivity (Wildman–Crippen MR) is 264 cm³/mol. The maximum absolute atomic E-state index is 2.52. The summed E-state index contributed by atoms with van der Waals surface area (Å²) in [5, 5.41) is 12.8. The summed E-state index contributed by atoms with van der Waals surface area (Å²) in [6.07, 6.45) is 0. The highest BCUT2D eigenvalue weighted by atomic mass is 32.1. The van der Waals surface area contributed by atoms with Gasteiger partial charge in [-0.3, -0.25) is 0 Å². The summed E-state index contributed by atoms with van der Waals surface area (Å²) in [4.78, 5) is 5.04. The summed E-state index contributed by atoms with van der Waals surface area (Å²) in [6, 6.07) is 63.9. The fourth-order valence-corrected chi connectivity index (χ4v) is 12.4. The van der Waals surface area contributed by atoms with E-state index in [9.17, 15) is 0 Å². The van der Waals surface area contributed by atoms with Crippen molar-refractivity contribution < 1.29 is 0 Å². The summed E-state index contributed by atoms with van der Waals surface area (Å²) in [6.45, 7) is 8.84.